The quantitative estimate of drug-likeness (QED) is 0.526. The molecule has 0 N–H and O–H groups in total. The number of nitrogens with zero attached hydrogens (tertiary/aromatic N) is 7. The molecular formula is C20H23N7O4S2. The molecule has 2 fully saturated rings. The molecule has 0 unspecified atom stereocenters. The van der Waals surface area contributed by atoms with Crippen LogP contribution in [0.25, 0.3) is 11.5 Å². The van der Waals surface area contributed by atoms with Gasteiger partial charge in [-0.05, 0) is 31.4 Å². The second kappa shape index (κ2) is 9.15. The SMILES string of the molecule is O=C(c1nnc(-c2csc(S(=O)(=O)N3CCN(c4ncccn4)CC3)c2)o1)N1CCCCC1. The van der Waals surface area contributed by atoms with Crippen molar-refractivity contribution < 1.29 is 17.6 Å². The molecule has 174 valence electrons. The van der Waals surface area contributed by atoms with E-state index in [0.717, 1.165) is 30.6 Å². The zero-order chi connectivity index (χ0) is 22.8. The summed E-state index contributed by atoms with van der Waals surface area (Å²) in [5, 5.41) is 9.51. The summed E-state index contributed by atoms with van der Waals surface area (Å²) in [7, 11) is -3.66. The van der Waals surface area contributed by atoms with Crippen molar-refractivity contribution in [1.82, 2.24) is 29.4 Å². The number of carbonyl (C=O) groups is 1. The zero-order valence-electron chi connectivity index (χ0n) is 17.8. The van der Waals surface area contributed by atoms with Crippen LogP contribution in [0.5, 0.6) is 0 Å². The van der Waals surface area contributed by atoms with Crippen molar-refractivity contribution >= 4 is 33.2 Å². The zero-order valence-corrected chi connectivity index (χ0v) is 19.5. The van der Waals surface area contributed by atoms with Gasteiger partial charge >= 0.3 is 11.8 Å². The molecule has 2 saturated heterocycles. The number of carbonyl (C=O) groups excluding carboxylic acids is 1. The van der Waals surface area contributed by atoms with Crippen molar-refractivity contribution in [3.05, 3.63) is 35.8 Å². The Morgan fingerprint density at radius 3 is 2.42 bits per heavy atom. The molecule has 0 saturated carbocycles. The Hall–Kier alpha value is -2.90. The average Bonchev–Trinajstić information content (AvgIpc) is 3.55. The van der Waals surface area contributed by atoms with Crippen LogP contribution in [-0.2, 0) is 10.0 Å². The summed E-state index contributed by atoms with van der Waals surface area (Å²) in [6.07, 6.45) is 6.37. The van der Waals surface area contributed by atoms with E-state index in [2.05, 4.69) is 20.2 Å². The van der Waals surface area contributed by atoms with Gasteiger partial charge in [0.25, 0.3) is 10.0 Å². The summed E-state index contributed by atoms with van der Waals surface area (Å²) < 4.78 is 33.5. The molecule has 2 aliphatic heterocycles. The third-order valence-corrected chi connectivity index (χ3v) is 9.06. The standard InChI is InChI=1S/C20H23N7O4S2/c28-19(25-7-2-1-3-8-25)18-24-23-17(31-18)15-13-16(32-14-15)33(29,30)27-11-9-26(10-12-27)20-21-5-4-6-22-20/h4-6,13-14H,1-3,7-12H2. The van der Waals surface area contributed by atoms with Gasteiger partial charge in [0.05, 0.1) is 5.56 Å². The minimum absolute atomic E-state index is 0.0678. The maximum atomic E-state index is 13.2. The van der Waals surface area contributed by atoms with Gasteiger partial charge in [-0.3, -0.25) is 4.79 Å². The minimum atomic E-state index is -3.66. The van der Waals surface area contributed by atoms with Crippen molar-refractivity contribution in [2.45, 2.75) is 23.5 Å². The summed E-state index contributed by atoms with van der Waals surface area (Å²) in [4.78, 5) is 24.7. The van der Waals surface area contributed by atoms with Crippen molar-refractivity contribution in [3.63, 3.8) is 0 Å². The van der Waals surface area contributed by atoms with Gasteiger partial charge in [0, 0.05) is 57.0 Å². The molecule has 0 bridgehead atoms. The van der Waals surface area contributed by atoms with Crippen molar-refractivity contribution in [2.75, 3.05) is 44.2 Å². The molecule has 0 atom stereocenters. The van der Waals surface area contributed by atoms with E-state index in [-0.39, 0.29) is 21.9 Å². The van der Waals surface area contributed by atoms with Crippen LogP contribution in [0, 0.1) is 0 Å². The molecule has 0 aromatic carbocycles. The normalized spacial score (nSPS) is 17.9. The van der Waals surface area contributed by atoms with E-state index < -0.39 is 10.0 Å². The van der Waals surface area contributed by atoms with Crippen LogP contribution in [0.2, 0.25) is 0 Å². The summed E-state index contributed by atoms with van der Waals surface area (Å²) in [5.74, 6) is 0.386. The number of aromatic nitrogens is 4. The number of hydrogen-bond acceptors (Lipinski definition) is 10. The highest BCUT2D eigenvalue weighted by Crippen LogP contribution is 2.30. The summed E-state index contributed by atoms with van der Waals surface area (Å²) in [6, 6.07) is 3.27. The number of hydrogen-bond donors (Lipinski definition) is 0. The summed E-state index contributed by atoms with van der Waals surface area (Å²) in [6.45, 7) is 3.05. The van der Waals surface area contributed by atoms with Crippen molar-refractivity contribution in [2.24, 2.45) is 0 Å². The Kier molecular flexibility index (Phi) is 6.08. The van der Waals surface area contributed by atoms with Crippen LogP contribution in [0.1, 0.15) is 29.9 Å². The van der Waals surface area contributed by atoms with Gasteiger partial charge in [-0.25, -0.2) is 18.4 Å². The second-order valence-corrected chi connectivity index (χ2v) is 10.9. The number of anilines is 1. The van der Waals surface area contributed by atoms with Gasteiger partial charge in [-0.2, -0.15) is 4.31 Å². The van der Waals surface area contributed by atoms with E-state index in [9.17, 15) is 13.2 Å². The number of likely N-dealkylation sites (tertiary alicyclic amines) is 1. The van der Waals surface area contributed by atoms with Gasteiger partial charge < -0.3 is 14.2 Å². The number of piperidine rings is 1. The molecule has 2 aliphatic rings. The third-order valence-electron chi connectivity index (χ3n) is 5.74. The average molecular weight is 490 g/mol. The van der Waals surface area contributed by atoms with Gasteiger partial charge in [-0.15, -0.1) is 21.5 Å². The highest BCUT2D eigenvalue weighted by molar-refractivity contribution is 7.91. The van der Waals surface area contributed by atoms with E-state index in [1.807, 2.05) is 4.90 Å². The van der Waals surface area contributed by atoms with Gasteiger partial charge in [-0.1, -0.05) is 0 Å². The molecule has 3 aromatic rings. The Labute approximate surface area is 195 Å². The molecular weight excluding hydrogens is 466 g/mol. The number of piperazine rings is 1. The molecule has 33 heavy (non-hydrogen) atoms. The lowest BCUT2D eigenvalue weighted by Gasteiger charge is -2.33. The van der Waals surface area contributed by atoms with Crippen LogP contribution < -0.4 is 4.90 Å². The highest BCUT2D eigenvalue weighted by Gasteiger charge is 2.31. The first kappa shape index (κ1) is 21.9. The van der Waals surface area contributed by atoms with Crippen LogP contribution in [-0.4, -0.2) is 83.0 Å². The fourth-order valence-electron chi connectivity index (χ4n) is 3.93. The van der Waals surface area contributed by atoms with E-state index >= 15 is 0 Å². The number of thiophene rings is 1. The predicted molar refractivity (Wildman–Crippen MR) is 120 cm³/mol. The first-order valence-corrected chi connectivity index (χ1v) is 13.1. The second-order valence-electron chi connectivity index (χ2n) is 7.86. The number of rotatable bonds is 5. The van der Waals surface area contributed by atoms with E-state index in [4.69, 9.17) is 4.42 Å². The maximum absolute atomic E-state index is 13.2. The molecule has 3 aromatic heterocycles. The van der Waals surface area contributed by atoms with E-state index in [1.165, 1.54) is 10.4 Å². The predicted octanol–water partition coefficient (Wildman–Crippen LogP) is 1.73. The van der Waals surface area contributed by atoms with Crippen LogP contribution >= 0.6 is 11.3 Å². The Morgan fingerprint density at radius 1 is 0.970 bits per heavy atom. The first-order valence-electron chi connectivity index (χ1n) is 10.8. The molecule has 5 rings (SSSR count). The molecule has 5 heterocycles. The molecule has 11 nitrogen and oxygen atoms in total. The lowest BCUT2D eigenvalue weighted by molar-refractivity contribution is 0.0684. The fourth-order valence-corrected chi connectivity index (χ4v) is 6.66. The van der Waals surface area contributed by atoms with E-state index in [0.29, 0.717) is 50.8 Å². The van der Waals surface area contributed by atoms with Crippen LogP contribution in [0.15, 0.2) is 38.5 Å². The van der Waals surface area contributed by atoms with Crippen LogP contribution in [0.4, 0.5) is 5.95 Å². The Balaban J connectivity index is 1.26. The maximum Gasteiger partial charge on any atom is 0.311 e. The molecule has 0 spiro atoms. The van der Waals surface area contributed by atoms with Gasteiger partial charge in [0.15, 0.2) is 0 Å². The number of amides is 1. The van der Waals surface area contributed by atoms with E-state index in [1.54, 1.807) is 28.7 Å². The molecule has 13 heteroatoms. The molecule has 1 amide bonds. The van der Waals surface area contributed by atoms with Gasteiger partial charge in [0.1, 0.15) is 4.21 Å². The summed E-state index contributed by atoms with van der Waals surface area (Å²) >= 11 is 1.10. The lowest BCUT2D eigenvalue weighted by atomic mass is 10.1. The minimum Gasteiger partial charge on any atom is -0.412 e. The smallest absolute Gasteiger partial charge is 0.311 e. The monoisotopic (exact) mass is 489 g/mol. The summed E-state index contributed by atoms with van der Waals surface area (Å²) in [5.41, 5.74) is 0.486. The van der Waals surface area contributed by atoms with Gasteiger partial charge in [0.2, 0.25) is 11.8 Å². The van der Waals surface area contributed by atoms with Crippen LogP contribution in [0.3, 0.4) is 0 Å². The lowest BCUT2D eigenvalue weighted by Crippen LogP contribution is -2.49. The number of sulfonamides is 1. The first-order chi connectivity index (χ1) is 16.0. The van der Waals surface area contributed by atoms with Crippen molar-refractivity contribution in [3.8, 4) is 11.5 Å². The Bertz CT molecular complexity index is 1210. The fraction of sp³-hybridized carbons (Fsp3) is 0.450. The molecule has 0 aliphatic carbocycles. The Morgan fingerprint density at radius 2 is 1.70 bits per heavy atom. The largest absolute Gasteiger partial charge is 0.412 e. The highest BCUT2D eigenvalue weighted by atomic mass is 32.2. The third kappa shape index (κ3) is 4.48. The topological polar surface area (TPSA) is 126 Å². The molecule has 0 radical (unpaired) electrons. The van der Waals surface area contributed by atoms with Crippen molar-refractivity contribution in [1.29, 1.82) is 0 Å².